The highest BCUT2D eigenvalue weighted by Crippen LogP contribution is 2.36. The van der Waals surface area contributed by atoms with E-state index in [4.69, 9.17) is 5.11 Å². The number of hydrogen-bond donors (Lipinski definition) is 2. The van der Waals surface area contributed by atoms with Crippen LogP contribution >= 0.6 is 11.8 Å². The normalized spacial score (nSPS) is 33.2. The molecule has 0 bridgehead atoms. The lowest BCUT2D eigenvalue weighted by Crippen LogP contribution is -2.34. The molecule has 1 saturated carbocycles. The maximum Gasteiger partial charge on any atom is 0.0547 e. The van der Waals surface area contributed by atoms with Crippen LogP contribution in [-0.4, -0.2) is 34.8 Å². The number of aliphatic hydroxyl groups excluding tert-OH is 1. The summed E-state index contributed by atoms with van der Waals surface area (Å²) in [6.07, 6.45) is 3.82. The van der Waals surface area contributed by atoms with Crippen LogP contribution in [-0.2, 0) is 0 Å². The molecule has 4 atom stereocenters. The van der Waals surface area contributed by atoms with Crippen molar-refractivity contribution in [2.75, 3.05) is 13.2 Å². The summed E-state index contributed by atoms with van der Waals surface area (Å²) in [5.41, 5.74) is 0. The monoisotopic (exact) mass is 231 g/mol. The molecule has 1 fully saturated rings. The molecule has 0 heterocycles. The van der Waals surface area contributed by atoms with Gasteiger partial charge in [-0.05, 0) is 31.7 Å². The Balaban J connectivity index is 2.31. The van der Waals surface area contributed by atoms with E-state index in [1.54, 1.807) is 0 Å². The van der Waals surface area contributed by atoms with Crippen LogP contribution < -0.4 is 5.32 Å². The van der Waals surface area contributed by atoms with E-state index in [1.807, 2.05) is 11.8 Å². The van der Waals surface area contributed by atoms with Crippen molar-refractivity contribution < 1.29 is 5.11 Å². The van der Waals surface area contributed by atoms with Crippen LogP contribution in [0.5, 0.6) is 0 Å². The van der Waals surface area contributed by atoms with Crippen molar-refractivity contribution in [1.29, 1.82) is 0 Å². The number of thioether (sulfide) groups is 1. The molecule has 0 amide bonds. The standard InChI is InChI=1S/C12H25NOS/c1-4-7-13-11-5-6-12(10(11)3)15-9(2)8-14/h9-14H,4-8H2,1-3H3. The fraction of sp³-hybridized carbons (Fsp3) is 1.00. The Bertz CT molecular complexity index is 177. The fourth-order valence-corrected chi connectivity index (χ4v) is 3.67. The molecule has 2 N–H and O–H groups in total. The first kappa shape index (κ1) is 13.3. The highest BCUT2D eigenvalue weighted by molar-refractivity contribution is 8.00. The van der Waals surface area contributed by atoms with Crippen molar-refractivity contribution in [3.8, 4) is 0 Å². The first-order valence-electron chi connectivity index (χ1n) is 6.18. The van der Waals surface area contributed by atoms with E-state index in [1.165, 1.54) is 19.3 Å². The van der Waals surface area contributed by atoms with Gasteiger partial charge < -0.3 is 10.4 Å². The molecule has 0 aliphatic heterocycles. The van der Waals surface area contributed by atoms with Crippen molar-refractivity contribution in [3.05, 3.63) is 0 Å². The van der Waals surface area contributed by atoms with E-state index in [9.17, 15) is 0 Å². The molecule has 4 unspecified atom stereocenters. The summed E-state index contributed by atoms with van der Waals surface area (Å²) in [5, 5.41) is 13.8. The maximum absolute atomic E-state index is 9.05. The van der Waals surface area contributed by atoms with Gasteiger partial charge in [0.25, 0.3) is 0 Å². The van der Waals surface area contributed by atoms with Gasteiger partial charge in [-0.3, -0.25) is 0 Å². The number of nitrogens with one attached hydrogen (secondary N) is 1. The molecule has 2 nitrogen and oxygen atoms in total. The molecule has 0 aromatic heterocycles. The summed E-state index contributed by atoms with van der Waals surface area (Å²) < 4.78 is 0. The Morgan fingerprint density at radius 3 is 2.80 bits per heavy atom. The summed E-state index contributed by atoms with van der Waals surface area (Å²) in [7, 11) is 0. The van der Waals surface area contributed by atoms with Gasteiger partial charge in [0.2, 0.25) is 0 Å². The lowest BCUT2D eigenvalue weighted by molar-refractivity contribution is 0.299. The molecular weight excluding hydrogens is 206 g/mol. The summed E-state index contributed by atoms with van der Waals surface area (Å²) in [5.74, 6) is 0.746. The average molecular weight is 231 g/mol. The van der Waals surface area contributed by atoms with E-state index in [2.05, 4.69) is 26.1 Å². The largest absolute Gasteiger partial charge is 0.395 e. The zero-order valence-corrected chi connectivity index (χ0v) is 11.0. The van der Waals surface area contributed by atoms with Crippen molar-refractivity contribution in [1.82, 2.24) is 5.32 Å². The van der Waals surface area contributed by atoms with Gasteiger partial charge in [-0.2, -0.15) is 11.8 Å². The molecule has 0 saturated heterocycles. The molecule has 0 spiro atoms. The van der Waals surface area contributed by atoms with Crippen LogP contribution in [0.2, 0.25) is 0 Å². The van der Waals surface area contributed by atoms with Crippen molar-refractivity contribution in [2.24, 2.45) is 5.92 Å². The molecule has 90 valence electrons. The van der Waals surface area contributed by atoms with Crippen LogP contribution in [0.15, 0.2) is 0 Å². The summed E-state index contributed by atoms with van der Waals surface area (Å²) in [6.45, 7) is 8.13. The van der Waals surface area contributed by atoms with Crippen molar-refractivity contribution >= 4 is 11.8 Å². The lowest BCUT2D eigenvalue weighted by atomic mass is 10.1. The van der Waals surface area contributed by atoms with Crippen LogP contribution in [0.25, 0.3) is 0 Å². The van der Waals surface area contributed by atoms with E-state index >= 15 is 0 Å². The molecule has 1 rings (SSSR count). The molecule has 3 heteroatoms. The van der Waals surface area contributed by atoms with Gasteiger partial charge in [0.05, 0.1) is 6.61 Å². The molecule has 0 aromatic carbocycles. The molecule has 1 aliphatic rings. The Kier molecular flexibility index (Phi) is 6.02. The predicted octanol–water partition coefficient (Wildman–Crippen LogP) is 2.27. The topological polar surface area (TPSA) is 32.3 Å². The van der Waals surface area contributed by atoms with E-state index in [0.717, 1.165) is 17.7 Å². The second-order valence-corrected chi connectivity index (χ2v) is 6.35. The van der Waals surface area contributed by atoms with Crippen LogP contribution in [0.3, 0.4) is 0 Å². The first-order valence-corrected chi connectivity index (χ1v) is 7.13. The minimum absolute atomic E-state index is 0.306. The Labute approximate surface area is 98.2 Å². The predicted molar refractivity (Wildman–Crippen MR) is 68.4 cm³/mol. The van der Waals surface area contributed by atoms with Gasteiger partial charge in [-0.25, -0.2) is 0 Å². The zero-order valence-electron chi connectivity index (χ0n) is 10.2. The van der Waals surface area contributed by atoms with Gasteiger partial charge in [0.1, 0.15) is 0 Å². The Morgan fingerprint density at radius 2 is 2.20 bits per heavy atom. The molecule has 1 aliphatic carbocycles. The summed E-state index contributed by atoms with van der Waals surface area (Å²) >= 11 is 1.96. The van der Waals surface area contributed by atoms with Gasteiger partial charge in [-0.15, -0.1) is 0 Å². The number of aliphatic hydroxyl groups is 1. The lowest BCUT2D eigenvalue weighted by Gasteiger charge is -2.23. The van der Waals surface area contributed by atoms with Gasteiger partial charge in [0, 0.05) is 16.5 Å². The minimum atomic E-state index is 0.306. The quantitative estimate of drug-likeness (QED) is 0.735. The van der Waals surface area contributed by atoms with E-state index < -0.39 is 0 Å². The number of rotatable bonds is 6. The smallest absolute Gasteiger partial charge is 0.0547 e. The third kappa shape index (κ3) is 3.97. The van der Waals surface area contributed by atoms with Gasteiger partial charge >= 0.3 is 0 Å². The maximum atomic E-state index is 9.05. The second-order valence-electron chi connectivity index (χ2n) is 4.66. The molecule has 0 aromatic rings. The SMILES string of the molecule is CCCNC1CCC(SC(C)CO)C1C. The van der Waals surface area contributed by atoms with Gasteiger partial charge in [0.15, 0.2) is 0 Å². The summed E-state index contributed by atoms with van der Waals surface area (Å²) in [6, 6.07) is 0.702. The van der Waals surface area contributed by atoms with Crippen LogP contribution in [0.1, 0.15) is 40.0 Å². The third-order valence-corrected chi connectivity index (χ3v) is 4.93. The van der Waals surface area contributed by atoms with Crippen molar-refractivity contribution in [2.45, 2.75) is 56.6 Å². The fourth-order valence-electron chi connectivity index (χ4n) is 2.28. The summed E-state index contributed by atoms with van der Waals surface area (Å²) in [4.78, 5) is 0. The highest BCUT2D eigenvalue weighted by atomic mass is 32.2. The van der Waals surface area contributed by atoms with Crippen LogP contribution in [0, 0.1) is 5.92 Å². The number of hydrogen-bond acceptors (Lipinski definition) is 3. The van der Waals surface area contributed by atoms with Gasteiger partial charge in [-0.1, -0.05) is 20.8 Å². The minimum Gasteiger partial charge on any atom is -0.395 e. The van der Waals surface area contributed by atoms with Crippen molar-refractivity contribution in [3.63, 3.8) is 0 Å². The first-order chi connectivity index (χ1) is 7.19. The third-order valence-electron chi connectivity index (χ3n) is 3.30. The Morgan fingerprint density at radius 1 is 1.47 bits per heavy atom. The van der Waals surface area contributed by atoms with E-state index in [0.29, 0.717) is 17.9 Å². The molecular formula is C12H25NOS. The zero-order chi connectivity index (χ0) is 11.3. The second kappa shape index (κ2) is 6.77. The highest BCUT2D eigenvalue weighted by Gasteiger charge is 2.33. The molecule has 0 radical (unpaired) electrons. The molecule has 15 heavy (non-hydrogen) atoms. The van der Waals surface area contributed by atoms with E-state index in [-0.39, 0.29) is 0 Å². The Hall–Kier alpha value is 0.270. The average Bonchev–Trinajstić information content (AvgIpc) is 2.57. The van der Waals surface area contributed by atoms with Crippen LogP contribution in [0.4, 0.5) is 0 Å².